The van der Waals surface area contributed by atoms with Crippen LogP contribution in [-0.2, 0) is 5.75 Å². The monoisotopic (exact) mass is 555 g/mol. The summed E-state index contributed by atoms with van der Waals surface area (Å²) in [6, 6.07) is 17.0. The van der Waals surface area contributed by atoms with Crippen LogP contribution in [0.15, 0.2) is 65.8 Å². The maximum Gasteiger partial charge on any atom is 0.288 e. The summed E-state index contributed by atoms with van der Waals surface area (Å²) in [5, 5.41) is 24.1. The summed E-state index contributed by atoms with van der Waals surface area (Å²) in [6.07, 6.45) is 0. The van der Waals surface area contributed by atoms with Gasteiger partial charge in [0.05, 0.1) is 16.7 Å². The minimum Gasteiger partial charge on any atom is -0.342 e. The number of hydrogen-bond acceptors (Lipinski definition) is 6. The Morgan fingerprint density at radius 2 is 1.84 bits per heavy atom. The van der Waals surface area contributed by atoms with Gasteiger partial charge in [0, 0.05) is 22.4 Å². The van der Waals surface area contributed by atoms with E-state index in [9.17, 15) is 14.9 Å². The van der Waals surface area contributed by atoms with Crippen molar-refractivity contribution in [2.75, 3.05) is 0 Å². The van der Waals surface area contributed by atoms with Gasteiger partial charge in [0.15, 0.2) is 11.0 Å². The molecular weight excluding hydrogens is 533 g/mol. The van der Waals surface area contributed by atoms with Gasteiger partial charge >= 0.3 is 0 Å². The van der Waals surface area contributed by atoms with Crippen LogP contribution in [0, 0.1) is 24.0 Å². The van der Waals surface area contributed by atoms with E-state index in [2.05, 4.69) is 34.6 Å². The quantitative estimate of drug-likeness (QED) is 0.144. The smallest absolute Gasteiger partial charge is 0.288 e. The molecule has 190 valence electrons. The molecule has 3 aromatic carbocycles. The Morgan fingerprint density at radius 3 is 2.57 bits per heavy atom. The number of nitro groups is 1. The molecule has 0 fully saturated rings. The zero-order valence-electron chi connectivity index (χ0n) is 20.2. The van der Waals surface area contributed by atoms with Crippen molar-refractivity contribution in [2.45, 2.75) is 37.7 Å². The number of amides is 1. The van der Waals surface area contributed by atoms with Crippen molar-refractivity contribution in [3.05, 3.63) is 109 Å². The third kappa shape index (κ3) is 5.95. The van der Waals surface area contributed by atoms with E-state index in [1.807, 2.05) is 41.8 Å². The lowest BCUT2D eigenvalue weighted by molar-refractivity contribution is -0.384. The number of aryl methyl sites for hydroxylation is 2. The second kappa shape index (κ2) is 11.3. The molecule has 0 saturated heterocycles. The molecule has 1 unspecified atom stereocenters. The summed E-state index contributed by atoms with van der Waals surface area (Å²) in [6.45, 7) is 5.80. The molecule has 1 N–H and O–H groups in total. The molecule has 1 heterocycles. The number of aromatic nitrogens is 3. The Hall–Kier alpha value is -3.40. The standard InChI is InChI=1S/C26H23Cl2N5O3S/c1-15-6-4-5-7-19(15)14-37-26-31-30-24(32(26)22-13-20(27)10-8-16(22)2)17(3)29-25(34)18-9-11-21(28)23(12-18)33(35)36/h4-13,17H,14H2,1-3H3,(H,29,34). The zero-order valence-corrected chi connectivity index (χ0v) is 22.6. The maximum absolute atomic E-state index is 13.0. The normalized spacial score (nSPS) is 11.8. The third-order valence-electron chi connectivity index (χ3n) is 5.83. The van der Waals surface area contributed by atoms with Crippen molar-refractivity contribution in [3.63, 3.8) is 0 Å². The second-order valence-electron chi connectivity index (χ2n) is 8.44. The zero-order chi connectivity index (χ0) is 26.7. The highest BCUT2D eigenvalue weighted by molar-refractivity contribution is 7.98. The minimum atomic E-state index is -0.626. The van der Waals surface area contributed by atoms with E-state index in [1.165, 1.54) is 35.0 Å². The van der Waals surface area contributed by atoms with Gasteiger partial charge in [0.25, 0.3) is 11.6 Å². The van der Waals surface area contributed by atoms with Gasteiger partial charge in [-0.1, -0.05) is 65.3 Å². The Morgan fingerprint density at radius 1 is 1.08 bits per heavy atom. The van der Waals surface area contributed by atoms with Gasteiger partial charge in [-0.3, -0.25) is 19.5 Å². The summed E-state index contributed by atoms with van der Waals surface area (Å²) in [4.78, 5) is 23.6. The van der Waals surface area contributed by atoms with E-state index >= 15 is 0 Å². The summed E-state index contributed by atoms with van der Waals surface area (Å²) in [7, 11) is 0. The van der Waals surface area contributed by atoms with Crippen molar-refractivity contribution < 1.29 is 9.72 Å². The molecule has 4 aromatic rings. The molecule has 1 atom stereocenters. The fraction of sp³-hybridized carbons (Fsp3) is 0.192. The Kier molecular flexibility index (Phi) is 8.16. The van der Waals surface area contributed by atoms with Gasteiger partial charge in [-0.25, -0.2) is 0 Å². The van der Waals surface area contributed by atoms with Gasteiger partial charge in [-0.05, 0) is 61.7 Å². The molecule has 0 aliphatic carbocycles. The average Bonchev–Trinajstić information content (AvgIpc) is 3.29. The fourth-order valence-corrected chi connectivity index (χ4v) is 5.14. The van der Waals surface area contributed by atoms with Crippen molar-refractivity contribution in [2.24, 2.45) is 0 Å². The number of carbonyl (C=O) groups excluding carboxylic acids is 1. The number of nitrogens with zero attached hydrogens (tertiary/aromatic N) is 4. The van der Waals surface area contributed by atoms with E-state index in [1.54, 1.807) is 6.92 Å². The molecule has 0 radical (unpaired) electrons. The molecule has 0 spiro atoms. The average molecular weight is 556 g/mol. The van der Waals surface area contributed by atoms with Gasteiger partial charge in [0.1, 0.15) is 5.02 Å². The Balaban J connectivity index is 1.68. The third-order valence-corrected chi connectivity index (χ3v) is 7.36. The summed E-state index contributed by atoms with van der Waals surface area (Å²) in [5.41, 5.74) is 3.88. The van der Waals surface area contributed by atoms with Crippen LogP contribution < -0.4 is 5.32 Å². The van der Waals surface area contributed by atoms with E-state index in [-0.39, 0.29) is 16.3 Å². The van der Waals surface area contributed by atoms with Crippen LogP contribution in [0.5, 0.6) is 0 Å². The number of hydrogen-bond donors (Lipinski definition) is 1. The van der Waals surface area contributed by atoms with Gasteiger partial charge in [0.2, 0.25) is 0 Å². The van der Waals surface area contributed by atoms with Crippen molar-refractivity contribution in [1.29, 1.82) is 0 Å². The first-order valence-electron chi connectivity index (χ1n) is 11.3. The summed E-state index contributed by atoms with van der Waals surface area (Å²) >= 11 is 13.8. The van der Waals surface area contributed by atoms with Crippen molar-refractivity contribution in [1.82, 2.24) is 20.1 Å². The van der Waals surface area contributed by atoms with E-state index in [0.717, 1.165) is 17.3 Å². The highest BCUT2D eigenvalue weighted by Gasteiger charge is 2.24. The van der Waals surface area contributed by atoms with Gasteiger partial charge in [-0.15, -0.1) is 10.2 Å². The highest BCUT2D eigenvalue weighted by atomic mass is 35.5. The summed E-state index contributed by atoms with van der Waals surface area (Å²) in [5.74, 6) is 0.674. The number of thioether (sulfide) groups is 1. The Labute approximate surface area is 228 Å². The molecular formula is C26H23Cl2N5O3S. The predicted octanol–water partition coefficient (Wildman–Crippen LogP) is 6.88. The number of benzene rings is 3. The molecule has 4 rings (SSSR count). The molecule has 37 heavy (non-hydrogen) atoms. The van der Waals surface area contributed by atoms with Crippen LogP contribution in [0.25, 0.3) is 5.69 Å². The van der Waals surface area contributed by atoms with E-state index < -0.39 is 16.9 Å². The molecule has 8 nitrogen and oxygen atoms in total. The molecule has 0 saturated carbocycles. The number of nitro benzene ring substituents is 1. The van der Waals surface area contributed by atoms with E-state index in [4.69, 9.17) is 23.2 Å². The molecule has 1 amide bonds. The van der Waals surface area contributed by atoms with Crippen molar-refractivity contribution in [3.8, 4) is 5.69 Å². The number of rotatable bonds is 8. The van der Waals surface area contributed by atoms with Gasteiger partial charge < -0.3 is 5.32 Å². The lowest BCUT2D eigenvalue weighted by Crippen LogP contribution is -2.28. The van der Waals surface area contributed by atoms with Crippen LogP contribution >= 0.6 is 35.0 Å². The maximum atomic E-state index is 13.0. The number of carbonyl (C=O) groups is 1. The highest BCUT2D eigenvalue weighted by Crippen LogP contribution is 2.31. The van der Waals surface area contributed by atoms with Crippen LogP contribution in [0.4, 0.5) is 5.69 Å². The predicted molar refractivity (Wildman–Crippen MR) is 146 cm³/mol. The molecule has 0 aliphatic heterocycles. The van der Waals surface area contributed by atoms with Crippen LogP contribution in [0.1, 0.15) is 45.8 Å². The summed E-state index contributed by atoms with van der Waals surface area (Å²) < 4.78 is 1.89. The molecule has 0 bridgehead atoms. The first-order chi connectivity index (χ1) is 17.7. The minimum absolute atomic E-state index is 0.0407. The van der Waals surface area contributed by atoms with Crippen LogP contribution in [0.2, 0.25) is 10.0 Å². The largest absolute Gasteiger partial charge is 0.342 e. The number of nitrogens with one attached hydrogen (secondary N) is 1. The van der Waals surface area contributed by atoms with Crippen molar-refractivity contribution >= 4 is 46.6 Å². The number of halogens is 2. The topological polar surface area (TPSA) is 103 Å². The van der Waals surface area contributed by atoms with Crippen LogP contribution in [0.3, 0.4) is 0 Å². The molecule has 1 aromatic heterocycles. The van der Waals surface area contributed by atoms with Gasteiger partial charge in [-0.2, -0.15) is 0 Å². The fourth-order valence-electron chi connectivity index (χ4n) is 3.76. The second-order valence-corrected chi connectivity index (χ2v) is 10.2. The lowest BCUT2D eigenvalue weighted by Gasteiger charge is -2.18. The Bertz CT molecular complexity index is 1490. The molecule has 0 aliphatic rings. The van der Waals surface area contributed by atoms with E-state index in [0.29, 0.717) is 21.8 Å². The SMILES string of the molecule is Cc1ccccc1CSc1nnc(C(C)NC(=O)c2ccc(Cl)c([N+](=O)[O-])c2)n1-c1cc(Cl)ccc1C. The van der Waals surface area contributed by atoms with Crippen LogP contribution in [-0.4, -0.2) is 25.6 Å². The first kappa shape index (κ1) is 26.7. The lowest BCUT2D eigenvalue weighted by atomic mass is 10.1. The molecule has 11 heteroatoms. The first-order valence-corrected chi connectivity index (χ1v) is 13.0.